The van der Waals surface area contributed by atoms with Crippen LogP contribution in [-0.2, 0) is 6.54 Å². The molecule has 1 aromatic carbocycles. The van der Waals surface area contributed by atoms with Gasteiger partial charge in [-0.1, -0.05) is 18.2 Å². The third-order valence-corrected chi connectivity index (χ3v) is 5.46. The predicted molar refractivity (Wildman–Crippen MR) is 116 cm³/mol. The van der Waals surface area contributed by atoms with Gasteiger partial charge in [-0.3, -0.25) is 5.41 Å². The summed E-state index contributed by atoms with van der Waals surface area (Å²) in [4.78, 5) is 22.6. The molecule has 1 aliphatic carbocycles. The maximum absolute atomic E-state index is 12.7. The zero-order chi connectivity index (χ0) is 21.3. The topological polar surface area (TPSA) is 117 Å². The van der Waals surface area contributed by atoms with Crippen LogP contribution in [0.4, 0.5) is 16.2 Å². The van der Waals surface area contributed by atoms with Crippen molar-refractivity contribution in [2.45, 2.75) is 32.4 Å². The molecule has 1 unspecified atom stereocenters. The highest BCUT2D eigenvalue weighted by Crippen LogP contribution is 2.32. The van der Waals surface area contributed by atoms with Crippen LogP contribution in [0.3, 0.4) is 0 Å². The molecule has 0 spiro atoms. The van der Waals surface area contributed by atoms with Crippen molar-refractivity contribution in [1.29, 1.82) is 5.41 Å². The number of hydrogen-bond acceptors (Lipinski definition) is 6. The summed E-state index contributed by atoms with van der Waals surface area (Å²) in [6.07, 6.45) is 11.5. The molecule has 154 valence electrons. The number of urea groups is 1. The van der Waals surface area contributed by atoms with E-state index < -0.39 is 0 Å². The molecule has 0 bridgehead atoms. The second-order valence-electron chi connectivity index (χ2n) is 7.35. The lowest BCUT2D eigenvalue weighted by molar-refractivity contribution is 0.195. The number of carbonyl (C=O) groups excluding carboxylic acids is 1. The van der Waals surface area contributed by atoms with Gasteiger partial charge in [-0.2, -0.15) is 0 Å². The number of nitrogen functional groups attached to an aromatic ring is 1. The molecule has 0 saturated heterocycles. The van der Waals surface area contributed by atoms with E-state index in [0.29, 0.717) is 29.0 Å². The molecule has 2 aromatic rings. The zero-order valence-corrected chi connectivity index (χ0v) is 17.0. The van der Waals surface area contributed by atoms with Crippen LogP contribution in [0, 0.1) is 5.41 Å². The lowest BCUT2D eigenvalue weighted by Gasteiger charge is -2.35. The minimum Gasteiger partial charge on any atom is -0.467 e. The number of ether oxygens (including phenoxy) is 1. The van der Waals surface area contributed by atoms with Crippen molar-refractivity contribution in [1.82, 2.24) is 14.9 Å². The molecule has 8 nitrogen and oxygen atoms in total. The number of amides is 2. The molecule has 2 amide bonds. The molecule has 0 radical (unpaired) electrons. The summed E-state index contributed by atoms with van der Waals surface area (Å²) in [6, 6.07) is 3.61. The molecule has 1 atom stereocenters. The van der Waals surface area contributed by atoms with E-state index in [-0.39, 0.29) is 23.8 Å². The molecule has 4 N–H and O–H groups in total. The van der Waals surface area contributed by atoms with Crippen LogP contribution < -0.4 is 15.8 Å². The van der Waals surface area contributed by atoms with Crippen molar-refractivity contribution in [3.8, 4) is 6.01 Å². The zero-order valence-electron chi connectivity index (χ0n) is 17.0. The third-order valence-electron chi connectivity index (χ3n) is 5.46. The number of nitrogens with one attached hydrogen (secondary N) is 2. The minimum atomic E-state index is -0.152. The molecule has 4 rings (SSSR count). The number of fused-ring (bicyclic) bond motifs is 1. The van der Waals surface area contributed by atoms with Crippen molar-refractivity contribution in [2.24, 2.45) is 0 Å². The van der Waals surface area contributed by atoms with Crippen molar-refractivity contribution >= 4 is 23.1 Å². The SMILES string of the molecule is COc1ncc(C(=N)c2cc3c(cc2N)NC(=O)N(C(C)C2=CCCC=C2)C3)cn1. The van der Waals surface area contributed by atoms with E-state index in [1.54, 1.807) is 11.0 Å². The average Bonchev–Trinajstić information content (AvgIpc) is 2.78. The predicted octanol–water partition coefficient (Wildman–Crippen LogP) is 3.50. The molecule has 1 aromatic heterocycles. The lowest BCUT2D eigenvalue weighted by atomic mass is 9.96. The number of nitrogens with zero attached hydrogens (tertiary/aromatic N) is 3. The van der Waals surface area contributed by atoms with Crippen molar-refractivity contribution in [2.75, 3.05) is 18.2 Å². The van der Waals surface area contributed by atoms with Gasteiger partial charge in [-0.15, -0.1) is 0 Å². The Morgan fingerprint density at radius 2 is 2.07 bits per heavy atom. The maximum Gasteiger partial charge on any atom is 0.322 e. The smallest absolute Gasteiger partial charge is 0.322 e. The van der Waals surface area contributed by atoms with Gasteiger partial charge in [0.05, 0.1) is 25.4 Å². The molecule has 0 fully saturated rings. The van der Waals surface area contributed by atoms with Crippen LogP contribution in [0.1, 0.15) is 36.5 Å². The summed E-state index contributed by atoms with van der Waals surface area (Å²) in [5.74, 6) is 0. The summed E-state index contributed by atoms with van der Waals surface area (Å²) in [7, 11) is 1.49. The second-order valence-corrected chi connectivity index (χ2v) is 7.35. The van der Waals surface area contributed by atoms with Gasteiger partial charge in [-0.05, 0) is 43.0 Å². The first-order valence-corrected chi connectivity index (χ1v) is 9.80. The van der Waals surface area contributed by atoms with E-state index in [9.17, 15) is 4.79 Å². The third kappa shape index (κ3) is 3.63. The van der Waals surface area contributed by atoms with E-state index in [1.165, 1.54) is 19.5 Å². The fraction of sp³-hybridized carbons (Fsp3) is 0.273. The van der Waals surface area contributed by atoms with Crippen LogP contribution in [0.5, 0.6) is 6.01 Å². The van der Waals surface area contributed by atoms with Gasteiger partial charge in [0.15, 0.2) is 0 Å². The highest BCUT2D eigenvalue weighted by atomic mass is 16.5. The summed E-state index contributed by atoms with van der Waals surface area (Å²) < 4.78 is 4.97. The lowest BCUT2D eigenvalue weighted by Crippen LogP contribution is -2.44. The number of benzene rings is 1. The Hall–Kier alpha value is -3.68. The molecule has 2 heterocycles. The Bertz CT molecular complexity index is 1060. The van der Waals surface area contributed by atoms with Gasteiger partial charge in [0, 0.05) is 34.9 Å². The average molecular weight is 404 g/mol. The normalized spacial score (nSPS) is 16.4. The van der Waals surface area contributed by atoms with Gasteiger partial charge in [-0.25, -0.2) is 14.8 Å². The number of methoxy groups -OCH3 is 1. The molecule has 8 heteroatoms. The second kappa shape index (κ2) is 7.98. The molecular formula is C22H24N6O2. The first-order valence-electron chi connectivity index (χ1n) is 9.80. The van der Waals surface area contributed by atoms with Crippen LogP contribution >= 0.6 is 0 Å². The number of nitrogens with two attached hydrogens (primary N) is 1. The van der Waals surface area contributed by atoms with Gasteiger partial charge >= 0.3 is 12.0 Å². The van der Waals surface area contributed by atoms with Gasteiger partial charge in [0.2, 0.25) is 0 Å². The van der Waals surface area contributed by atoms with E-state index in [0.717, 1.165) is 24.0 Å². The van der Waals surface area contributed by atoms with E-state index >= 15 is 0 Å². The van der Waals surface area contributed by atoms with Crippen LogP contribution in [0.15, 0.2) is 48.3 Å². The molecular weight excluding hydrogens is 380 g/mol. The highest BCUT2D eigenvalue weighted by Gasteiger charge is 2.29. The standard InChI is InChI=1S/C22H24N6O2/c1-13(14-6-4-3-5-7-14)28-12-15-8-17(18(23)9-19(15)27-22(28)29)20(24)16-10-25-21(30-2)26-11-16/h4,6-11,13,24H,3,5,12,23H2,1-2H3,(H,27,29). The minimum absolute atomic E-state index is 0.0508. The van der Waals surface area contributed by atoms with Crippen LogP contribution in [-0.4, -0.2) is 39.8 Å². The fourth-order valence-electron chi connectivity index (χ4n) is 3.71. The summed E-state index contributed by atoms with van der Waals surface area (Å²) in [6.45, 7) is 2.47. The van der Waals surface area contributed by atoms with E-state index in [2.05, 4.69) is 33.5 Å². The largest absolute Gasteiger partial charge is 0.467 e. The summed E-state index contributed by atoms with van der Waals surface area (Å²) in [5, 5.41) is 11.5. The number of anilines is 2. The number of carbonyl (C=O) groups is 1. The summed E-state index contributed by atoms with van der Waals surface area (Å²) >= 11 is 0. The highest BCUT2D eigenvalue weighted by molar-refractivity contribution is 6.14. The molecule has 1 aliphatic heterocycles. The van der Waals surface area contributed by atoms with Crippen LogP contribution in [0.25, 0.3) is 0 Å². The molecule has 2 aliphatic rings. The number of rotatable bonds is 5. The van der Waals surface area contributed by atoms with Gasteiger partial charge in [0.1, 0.15) is 0 Å². The Morgan fingerprint density at radius 1 is 1.30 bits per heavy atom. The summed E-state index contributed by atoms with van der Waals surface area (Å²) in [5.41, 5.74) is 10.7. The fourth-order valence-corrected chi connectivity index (χ4v) is 3.71. The number of hydrogen-bond donors (Lipinski definition) is 3. The van der Waals surface area contributed by atoms with E-state index in [4.69, 9.17) is 15.9 Å². The Morgan fingerprint density at radius 3 is 2.73 bits per heavy atom. The van der Waals surface area contributed by atoms with Crippen molar-refractivity contribution in [3.63, 3.8) is 0 Å². The Balaban J connectivity index is 1.63. The monoisotopic (exact) mass is 404 g/mol. The molecule has 0 saturated carbocycles. The first-order chi connectivity index (χ1) is 14.5. The molecule has 30 heavy (non-hydrogen) atoms. The van der Waals surface area contributed by atoms with Gasteiger partial charge in [0.25, 0.3) is 0 Å². The van der Waals surface area contributed by atoms with Crippen LogP contribution in [0.2, 0.25) is 0 Å². The first kappa shape index (κ1) is 19.6. The van der Waals surface area contributed by atoms with Gasteiger partial charge < -0.3 is 20.7 Å². The van der Waals surface area contributed by atoms with E-state index in [1.807, 2.05) is 13.0 Å². The Labute approximate surface area is 175 Å². The number of aromatic nitrogens is 2. The Kier molecular flexibility index (Phi) is 5.22. The van der Waals surface area contributed by atoms with Crippen molar-refractivity contribution < 1.29 is 9.53 Å². The van der Waals surface area contributed by atoms with Crippen molar-refractivity contribution in [3.05, 3.63) is 65.0 Å². The quantitative estimate of drug-likeness (QED) is 0.521. The number of allylic oxidation sites excluding steroid dienone is 2. The maximum atomic E-state index is 12.7.